The van der Waals surface area contributed by atoms with E-state index in [1.807, 2.05) is 27.3 Å². The van der Waals surface area contributed by atoms with E-state index in [0.29, 0.717) is 4.96 Å². The molecular weight excluding hydrogens is 244 g/mol. The minimum atomic E-state index is -0.993. The van der Waals surface area contributed by atoms with E-state index in [4.69, 9.17) is 5.11 Å². The lowest BCUT2D eigenvalue weighted by Gasteiger charge is -1.92. The van der Waals surface area contributed by atoms with Gasteiger partial charge in [0.15, 0.2) is 10.7 Å². The maximum Gasteiger partial charge on any atom is 0.356 e. The number of rotatable bonds is 2. The van der Waals surface area contributed by atoms with Crippen LogP contribution in [0.25, 0.3) is 15.5 Å². The molecule has 3 heterocycles. The molecule has 0 radical (unpaired) electrons. The quantitative estimate of drug-likeness (QED) is 0.761. The zero-order valence-corrected chi connectivity index (χ0v) is 9.59. The molecule has 3 aromatic rings. The normalized spacial score (nSPS) is 11.0. The van der Waals surface area contributed by atoms with Crippen LogP contribution in [0.5, 0.6) is 0 Å². The smallest absolute Gasteiger partial charge is 0.356 e. The summed E-state index contributed by atoms with van der Waals surface area (Å²) in [7, 11) is 0. The van der Waals surface area contributed by atoms with E-state index < -0.39 is 5.97 Å². The van der Waals surface area contributed by atoms with Gasteiger partial charge < -0.3 is 5.11 Å². The molecule has 0 aliphatic heterocycles. The number of fused-ring (bicyclic) bond motifs is 1. The maximum absolute atomic E-state index is 10.8. The second-order valence-corrected chi connectivity index (χ2v) is 4.97. The lowest BCUT2D eigenvalue weighted by atomic mass is 10.4. The van der Waals surface area contributed by atoms with Crippen molar-refractivity contribution in [2.75, 3.05) is 0 Å². The van der Waals surface area contributed by atoms with Crippen molar-refractivity contribution in [1.29, 1.82) is 0 Å². The predicted molar refractivity (Wildman–Crippen MR) is 63.3 cm³/mol. The summed E-state index contributed by atoms with van der Waals surface area (Å²) in [5, 5.41) is 12.8. The highest BCUT2D eigenvalue weighted by atomic mass is 32.1. The molecule has 0 aliphatic rings. The van der Waals surface area contributed by atoms with Gasteiger partial charge in [-0.3, -0.25) is 4.40 Å². The Morgan fingerprint density at radius 1 is 1.44 bits per heavy atom. The van der Waals surface area contributed by atoms with Crippen molar-refractivity contribution >= 4 is 33.6 Å². The molecule has 0 amide bonds. The van der Waals surface area contributed by atoms with E-state index in [1.165, 1.54) is 11.3 Å². The van der Waals surface area contributed by atoms with E-state index in [1.54, 1.807) is 17.5 Å². The van der Waals surface area contributed by atoms with E-state index in [0.717, 1.165) is 10.6 Å². The number of carboxylic acids is 1. The Bertz CT molecular complexity index is 652. The minimum Gasteiger partial charge on any atom is -0.476 e. The SMILES string of the molecule is O=C(O)c1cn2c(-c3cccs3)csc2n1. The third kappa shape index (κ3) is 1.35. The zero-order valence-electron chi connectivity index (χ0n) is 7.95. The molecule has 0 aliphatic carbocycles. The Balaban J connectivity index is 2.23. The molecule has 0 saturated heterocycles. The monoisotopic (exact) mass is 250 g/mol. The van der Waals surface area contributed by atoms with Crippen molar-refractivity contribution < 1.29 is 9.90 Å². The molecule has 4 nitrogen and oxygen atoms in total. The van der Waals surface area contributed by atoms with Crippen LogP contribution in [-0.2, 0) is 0 Å². The number of aromatic nitrogens is 2. The van der Waals surface area contributed by atoms with Crippen LogP contribution in [0, 0.1) is 0 Å². The summed E-state index contributed by atoms with van der Waals surface area (Å²) in [6, 6.07) is 3.98. The zero-order chi connectivity index (χ0) is 11.1. The average Bonchev–Trinajstić information content (AvgIpc) is 2.92. The first-order valence-electron chi connectivity index (χ1n) is 4.49. The van der Waals surface area contributed by atoms with Crippen molar-refractivity contribution in [2.45, 2.75) is 0 Å². The van der Waals surface area contributed by atoms with Gasteiger partial charge >= 0.3 is 5.97 Å². The molecule has 16 heavy (non-hydrogen) atoms. The van der Waals surface area contributed by atoms with Crippen LogP contribution in [0.1, 0.15) is 10.5 Å². The summed E-state index contributed by atoms with van der Waals surface area (Å²) in [6.45, 7) is 0. The molecule has 0 bridgehead atoms. The van der Waals surface area contributed by atoms with Gasteiger partial charge in [-0.2, -0.15) is 0 Å². The Morgan fingerprint density at radius 3 is 3.00 bits per heavy atom. The van der Waals surface area contributed by atoms with Gasteiger partial charge in [0.2, 0.25) is 0 Å². The van der Waals surface area contributed by atoms with E-state index in [2.05, 4.69) is 4.98 Å². The molecule has 0 unspecified atom stereocenters. The van der Waals surface area contributed by atoms with E-state index >= 15 is 0 Å². The second-order valence-electron chi connectivity index (χ2n) is 3.18. The van der Waals surface area contributed by atoms with E-state index in [9.17, 15) is 4.79 Å². The van der Waals surface area contributed by atoms with Gasteiger partial charge in [0, 0.05) is 11.6 Å². The first kappa shape index (κ1) is 9.56. The van der Waals surface area contributed by atoms with Gasteiger partial charge in [-0.15, -0.1) is 22.7 Å². The first-order valence-corrected chi connectivity index (χ1v) is 6.25. The highest BCUT2D eigenvalue weighted by molar-refractivity contribution is 7.16. The van der Waals surface area contributed by atoms with Gasteiger partial charge in [0.1, 0.15) is 0 Å². The standard InChI is InChI=1S/C10H6N2O2S2/c13-9(14)6-4-12-7(5-16-10(12)11-6)8-2-1-3-15-8/h1-5H,(H,13,14). The molecule has 0 aromatic carbocycles. The molecule has 0 saturated carbocycles. The van der Waals surface area contributed by atoms with Gasteiger partial charge in [-0.05, 0) is 11.4 Å². The van der Waals surface area contributed by atoms with Crippen molar-refractivity contribution in [3.05, 3.63) is 34.8 Å². The summed E-state index contributed by atoms with van der Waals surface area (Å²) < 4.78 is 1.82. The molecule has 80 valence electrons. The van der Waals surface area contributed by atoms with Crippen molar-refractivity contribution in [3.63, 3.8) is 0 Å². The Hall–Kier alpha value is -1.66. The number of carbonyl (C=O) groups is 1. The van der Waals surface area contributed by atoms with Gasteiger partial charge in [0.05, 0.1) is 10.6 Å². The molecular formula is C10H6N2O2S2. The third-order valence-corrected chi connectivity index (χ3v) is 3.93. The van der Waals surface area contributed by atoms with Crippen LogP contribution in [0.15, 0.2) is 29.1 Å². The number of aromatic carboxylic acids is 1. The minimum absolute atomic E-state index is 0.0876. The van der Waals surface area contributed by atoms with Crippen LogP contribution in [0.3, 0.4) is 0 Å². The largest absolute Gasteiger partial charge is 0.476 e. The molecule has 6 heteroatoms. The number of carboxylic acid groups (broad SMARTS) is 1. The van der Waals surface area contributed by atoms with Crippen molar-refractivity contribution in [3.8, 4) is 10.6 Å². The predicted octanol–water partition coefficient (Wildman–Crippen LogP) is 2.82. The Morgan fingerprint density at radius 2 is 2.31 bits per heavy atom. The fraction of sp³-hybridized carbons (Fsp3) is 0. The number of hydrogen-bond acceptors (Lipinski definition) is 4. The van der Waals surface area contributed by atoms with Crippen LogP contribution in [0.4, 0.5) is 0 Å². The summed E-state index contributed by atoms with van der Waals surface area (Å²) in [5.74, 6) is -0.993. The van der Waals surface area contributed by atoms with Gasteiger partial charge in [-0.1, -0.05) is 6.07 Å². The van der Waals surface area contributed by atoms with Crippen LogP contribution < -0.4 is 0 Å². The summed E-state index contributed by atoms with van der Waals surface area (Å²) in [4.78, 5) is 16.6. The van der Waals surface area contributed by atoms with Crippen molar-refractivity contribution in [1.82, 2.24) is 9.38 Å². The number of hydrogen-bond donors (Lipinski definition) is 1. The lowest BCUT2D eigenvalue weighted by Crippen LogP contribution is -1.95. The molecule has 3 aromatic heterocycles. The van der Waals surface area contributed by atoms with Crippen molar-refractivity contribution in [2.24, 2.45) is 0 Å². The highest BCUT2D eigenvalue weighted by Gasteiger charge is 2.13. The summed E-state index contributed by atoms with van der Waals surface area (Å²) in [5.41, 5.74) is 1.08. The summed E-state index contributed by atoms with van der Waals surface area (Å²) in [6.07, 6.45) is 1.56. The van der Waals surface area contributed by atoms with E-state index in [-0.39, 0.29) is 5.69 Å². The Labute approximate surface area is 98.4 Å². The van der Waals surface area contributed by atoms with Gasteiger partial charge in [0.25, 0.3) is 0 Å². The average molecular weight is 250 g/mol. The van der Waals surface area contributed by atoms with Gasteiger partial charge in [-0.25, -0.2) is 9.78 Å². The first-order chi connectivity index (χ1) is 7.75. The lowest BCUT2D eigenvalue weighted by molar-refractivity contribution is 0.0691. The Kier molecular flexibility index (Phi) is 2.05. The fourth-order valence-electron chi connectivity index (χ4n) is 1.49. The maximum atomic E-state index is 10.8. The van der Waals surface area contributed by atoms with Crippen LogP contribution in [-0.4, -0.2) is 20.5 Å². The topological polar surface area (TPSA) is 54.6 Å². The molecule has 0 spiro atoms. The second kappa shape index (κ2) is 3.43. The number of thiazole rings is 1. The number of nitrogens with zero attached hydrogens (tertiary/aromatic N) is 2. The number of thiophene rings is 1. The van der Waals surface area contributed by atoms with Crippen LogP contribution >= 0.6 is 22.7 Å². The molecule has 3 rings (SSSR count). The van der Waals surface area contributed by atoms with Crippen LogP contribution in [0.2, 0.25) is 0 Å². The number of imidazole rings is 1. The highest BCUT2D eigenvalue weighted by Crippen LogP contribution is 2.29. The molecule has 0 fully saturated rings. The fourth-order valence-corrected chi connectivity index (χ4v) is 3.18. The molecule has 0 atom stereocenters. The molecule has 1 N–H and O–H groups in total. The third-order valence-electron chi connectivity index (χ3n) is 2.20. The summed E-state index contributed by atoms with van der Waals surface area (Å²) >= 11 is 3.07.